The molecule has 0 unspecified atom stereocenters. The standard InChI is InChI=1S/C25H36N6O/c1-25(2,3)11-14-31-13-7-8-23(28-19-30(6)24(31)32)22-16-20(9-10-21(22)17-26)18-27-12-15-29(4)5/h7-10,13,16,19,27H,11-12,14-15,18H2,1-6H3. The number of nitrogens with zero attached hydrogens (tertiary/aromatic N) is 5. The van der Waals surface area contributed by atoms with Gasteiger partial charge >= 0.3 is 5.69 Å². The third kappa shape index (κ3) is 7.95. The Balaban J connectivity index is 2.42. The van der Waals surface area contributed by atoms with Crippen LogP contribution in [0.2, 0.25) is 0 Å². The van der Waals surface area contributed by atoms with Gasteiger partial charge in [0.25, 0.3) is 0 Å². The molecule has 1 aromatic carbocycles. The van der Waals surface area contributed by atoms with Crippen LogP contribution in [-0.2, 0) is 20.1 Å². The minimum atomic E-state index is -0.136. The molecule has 0 spiro atoms. The van der Waals surface area contributed by atoms with Gasteiger partial charge in [0.2, 0.25) is 0 Å². The van der Waals surface area contributed by atoms with Crippen molar-refractivity contribution in [3.8, 4) is 17.3 Å². The van der Waals surface area contributed by atoms with Crippen LogP contribution in [0.25, 0.3) is 11.3 Å². The lowest BCUT2D eigenvalue weighted by Crippen LogP contribution is -2.27. The Kier molecular flexibility index (Phi) is 9.18. The summed E-state index contributed by atoms with van der Waals surface area (Å²) in [7, 11) is 5.79. The largest absolute Gasteiger partial charge is 0.328 e. The summed E-state index contributed by atoms with van der Waals surface area (Å²) >= 11 is 0. The van der Waals surface area contributed by atoms with Crippen LogP contribution in [0, 0.1) is 16.7 Å². The van der Waals surface area contributed by atoms with Crippen LogP contribution in [0.1, 0.15) is 38.3 Å². The Hall–Kier alpha value is -2.95. The highest BCUT2D eigenvalue weighted by molar-refractivity contribution is 5.67. The van der Waals surface area contributed by atoms with Crippen molar-refractivity contribution in [2.75, 3.05) is 27.2 Å². The average Bonchev–Trinajstić information content (AvgIpc) is 2.80. The number of hydrogen-bond acceptors (Lipinski definition) is 5. The molecule has 172 valence electrons. The summed E-state index contributed by atoms with van der Waals surface area (Å²) in [6.45, 7) is 9.64. The maximum Gasteiger partial charge on any atom is 0.328 e. The molecule has 0 atom stereocenters. The van der Waals surface area contributed by atoms with Crippen LogP contribution in [0.3, 0.4) is 0 Å². The van der Waals surface area contributed by atoms with E-state index in [1.165, 1.54) is 10.9 Å². The van der Waals surface area contributed by atoms with Crippen molar-refractivity contribution >= 4 is 0 Å². The van der Waals surface area contributed by atoms with Gasteiger partial charge in [-0.25, -0.2) is 9.78 Å². The maximum absolute atomic E-state index is 12.8. The molecule has 0 amide bonds. The van der Waals surface area contributed by atoms with Gasteiger partial charge in [-0.3, -0.25) is 4.57 Å². The molecule has 0 saturated heterocycles. The first kappa shape index (κ1) is 25.3. The first-order valence-corrected chi connectivity index (χ1v) is 11.0. The normalized spacial score (nSPS) is 11.3. The van der Waals surface area contributed by atoms with Crippen LogP contribution < -0.4 is 11.0 Å². The SMILES string of the molecule is CN(C)CCNCc1ccc(C#N)c(-c2cccn(CCC(C)(C)C)c(=O)n(C)cn2)c1. The fourth-order valence-electron chi connectivity index (χ4n) is 3.08. The smallest absolute Gasteiger partial charge is 0.311 e. The number of aryl methyl sites for hydroxylation is 2. The minimum absolute atomic E-state index is 0.128. The fraction of sp³-hybridized carbons (Fsp3) is 0.480. The second-order valence-electron chi connectivity index (χ2n) is 9.51. The summed E-state index contributed by atoms with van der Waals surface area (Å²) in [5, 5.41) is 13.1. The second-order valence-corrected chi connectivity index (χ2v) is 9.51. The fourth-order valence-corrected chi connectivity index (χ4v) is 3.08. The highest BCUT2D eigenvalue weighted by Gasteiger charge is 2.11. The van der Waals surface area contributed by atoms with E-state index in [1.54, 1.807) is 17.8 Å². The summed E-state index contributed by atoms with van der Waals surface area (Å²) in [4.78, 5) is 19.5. The first-order valence-electron chi connectivity index (χ1n) is 11.0. The van der Waals surface area contributed by atoms with Crippen molar-refractivity contribution < 1.29 is 0 Å². The molecule has 0 aliphatic heterocycles. The van der Waals surface area contributed by atoms with E-state index in [4.69, 9.17) is 0 Å². The topological polar surface area (TPSA) is 78.9 Å². The van der Waals surface area contributed by atoms with Gasteiger partial charge < -0.3 is 14.8 Å². The summed E-state index contributed by atoms with van der Waals surface area (Å²) in [6.07, 6.45) is 4.19. The lowest BCUT2D eigenvalue weighted by Gasteiger charge is -2.18. The van der Waals surface area contributed by atoms with Crippen molar-refractivity contribution in [1.29, 1.82) is 5.26 Å². The van der Waals surface area contributed by atoms with Crippen LogP contribution in [0.5, 0.6) is 0 Å². The number of hydrogen-bond donors (Lipinski definition) is 1. The first-order chi connectivity index (χ1) is 15.1. The number of aromatic nitrogens is 3. The van der Waals surface area contributed by atoms with Gasteiger partial charge in [-0.05, 0) is 55.8 Å². The lowest BCUT2D eigenvalue weighted by atomic mass is 9.92. The molecule has 32 heavy (non-hydrogen) atoms. The average molecular weight is 437 g/mol. The molecule has 0 aliphatic rings. The molecule has 0 fully saturated rings. The predicted octanol–water partition coefficient (Wildman–Crippen LogP) is 3.33. The van der Waals surface area contributed by atoms with E-state index in [1.807, 2.05) is 44.4 Å². The Bertz CT molecular complexity index is 1050. The number of benzene rings is 1. The number of likely N-dealkylation sites (N-methyl/N-ethyl adjacent to an activating group) is 1. The molecular formula is C25H36N6O. The Labute approximate surface area is 191 Å². The third-order valence-electron chi connectivity index (χ3n) is 5.09. The Morgan fingerprint density at radius 2 is 1.97 bits per heavy atom. The van der Waals surface area contributed by atoms with Crippen LogP contribution in [0.15, 0.2) is 47.7 Å². The van der Waals surface area contributed by atoms with Gasteiger partial charge in [0.1, 0.15) is 0 Å². The van der Waals surface area contributed by atoms with Gasteiger partial charge in [-0.2, -0.15) is 5.26 Å². The molecule has 1 N–H and O–H groups in total. The predicted molar refractivity (Wildman–Crippen MR) is 130 cm³/mol. The Morgan fingerprint density at radius 1 is 1.22 bits per heavy atom. The van der Waals surface area contributed by atoms with Crippen LogP contribution in [0.4, 0.5) is 0 Å². The number of nitriles is 1. The van der Waals surface area contributed by atoms with Gasteiger partial charge in [0.15, 0.2) is 0 Å². The maximum atomic E-state index is 12.8. The highest BCUT2D eigenvalue weighted by atomic mass is 16.1. The van der Waals surface area contributed by atoms with Crippen molar-refractivity contribution in [2.45, 2.75) is 40.3 Å². The molecule has 0 radical (unpaired) electrons. The molecule has 0 aliphatic carbocycles. The molecular weight excluding hydrogens is 400 g/mol. The molecule has 7 heteroatoms. The van der Waals surface area contributed by atoms with Crippen molar-refractivity contribution in [2.24, 2.45) is 12.5 Å². The van der Waals surface area contributed by atoms with E-state index in [-0.39, 0.29) is 11.1 Å². The Morgan fingerprint density at radius 3 is 2.62 bits per heavy atom. The van der Waals surface area contributed by atoms with E-state index in [0.717, 1.165) is 30.6 Å². The number of nitrogens with one attached hydrogen (secondary N) is 1. The van der Waals surface area contributed by atoms with E-state index >= 15 is 0 Å². The zero-order chi connectivity index (χ0) is 23.7. The van der Waals surface area contributed by atoms with Crippen molar-refractivity contribution in [1.82, 2.24) is 24.3 Å². The third-order valence-corrected chi connectivity index (χ3v) is 5.09. The van der Waals surface area contributed by atoms with Crippen LogP contribution in [-0.4, -0.2) is 46.2 Å². The van der Waals surface area contributed by atoms with E-state index in [0.29, 0.717) is 24.3 Å². The zero-order valence-corrected chi connectivity index (χ0v) is 20.2. The summed E-state index contributed by atoms with van der Waals surface area (Å²) < 4.78 is 3.18. The molecule has 2 rings (SSSR count). The molecule has 0 saturated carbocycles. The zero-order valence-electron chi connectivity index (χ0n) is 20.2. The van der Waals surface area contributed by atoms with E-state index in [2.05, 4.69) is 42.0 Å². The molecule has 7 nitrogen and oxygen atoms in total. The van der Waals surface area contributed by atoms with E-state index < -0.39 is 0 Å². The van der Waals surface area contributed by atoms with Crippen molar-refractivity contribution in [3.63, 3.8) is 0 Å². The van der Waals surface area contributed by atoms with Crippen molar-refractivity contribution in [3.05, 3.63) is 64.5 Å². The summed E-state index contributed by atoms with van der Waals surface area (Å²) in [6, 6.07) is 11.7. The number of rotatable bonds is 8. The second kappa shape index (κ2) is 11.6. The molecule has 1 aromatic heterocycles. The van der Waals surface area contributed by atoms with Crippen LogP contribution >= 0.6 is 0 Å². The minimum Gasteiger partial charge on any atom is -0.311 e. The summed E-state index contributed by atoms with van der Waals surface area (Å²) in [5.74, 6) is 0. The molecule has 1 heterocycles. The summed E-state index contributed by atoms with van der Waals surface area (Å²) in [5.41, 5.74) is 3.02. The quantitative estimate of drug-likeness (QED) is 0.642. The van der Waals surface area contributed by atoms with Gasteiger partial charge in [0, 0.05) is 45.0 Å². The lowest BCUT2D eigenvalue weighted by molar-refractivity contribution is 0.345. The molecule has 2 aromatic rings. The van der Waals surface area contributed by atoms with E-state index in [9.17, 15) is 10.1 Å². The van der Waals surface area contributed by atoms with Gasteiger partial charge in [-0.1, -0.05) is 26.8 Å². The highest BCUT2D eigenvalue weighted by Crippen LogP contribution is 2.22. The molecule has 0 bridgehead atoms. The van der Waals surface area contributed by atoms with Gasteiger partial charge in [-0.15, -0.1) is 0 Å². The van der Waals surface area contributed by atoms with Gasteiger partial charge in [0.05, 0.1) is 23.7 Å². The monoisotopic (exact) mass is 436 g/mol.